The topological polar surface area (TPSA) is 80.0 Å². The number of carbonyl (C=O) groups excluding carboxylic acids is 2. The molecular formula is C27H19BrClNO5. The van der Waals surface area contributed by atoms with E-state index in [0.717, 1.165) is 10.0 Å². The van der Waals surface area contributed by atoms with Crippen molar-refractivity contribution in [3.8, 4) is 5.75 Å². The second kappa shape index (κ2) is 8.91. The number of ether oxygens (including phenoxy) is 1. The molecule has 0 spiro atoms. The van der Waals surface area contributed by atoms with E-state index < -0.39 is 23.5 Å². The first-order valence-electron chi connectivity index (χ1n) is 10.7. The lowest BCUT2D eigenvalue weighted by Gasteiger charge is -2.27. The summed E-state index contributed by atoms with van der Waals surface area (Å²) < 4.78 is 12.0. The van der Waals surface area contributed by atoms with Crippen molar-refractivity contribution < 1.29 is 23.8 Å². The van der Waals surface area contributed by atoms with E-state index in [1.807, 2.05) is 13.0 Å². The van der Waals surface area contributed by atoms with Crippen LogP contribution in [0.5, 0.6) is 5.75 Å². The molecule has 1 atom stereocenters. The molecule has 5 rings (SSSR count). The molecule has 1 unspecified atom stereocenters. The Bertz CT molecular complexity index is 1540. The number of carbonyl (C=O) groups is 2. The number of hydrogen-bond acceptors (Lipinski definition) is 5. The fraction of sp³-hybridized carbons (Fsp3) is 0.111. The monoisotopic (exact) mass is 551 g/mol. The number of amides is 1. The van der Waals surface area contributed by atoms with E-state index in [9.17, 15) is 14.7 Å². The molecule has 6 nitrogen and oxygen atoms in total. The van der Waals surface area contributed by atoms with Crippen molar-refractivity contribution in [3.63, 3.8) is 0 Å². The number of aryl methyl sites for hydroxylation is 1. The zero-order chi connectivity index (χ0) is 24.9. The number of ketones is 1. The summed E-state index contributed by atoms with van der Waals surface area (Å²) in [6.45, 7) is 1.85. The largest absolute Gasteiger partial charge is 0.503 e. The van der Waals surface area contributed by atoms with E-state index >= 15 is 0 Å². The summed E-state index contributed by atoms with van der Waals surface area (Å²) in [5.74, 6) is -1.37. The predicted molar refractivity (Wildman–Crippen MR) is 137 cm³/mol. The van der Waals surface area contributed by atoms with E-state index in [-0.39, 0.29) is 11.3 Å². The first-order chi connectivity index (χ1) is 16.8. The minimum Gasteiger partial charge on any atom is -0.503 e. The fourth-order valence-electron chi connectivity index (χ4n) is 4.22. The Morgan fingerprint density at radius 2 is 1.91 bits per heavy atom. The van der Waals surface area contributed by atoms with Crippen molar-refractivity contribution in [1.82, 2.24) is 0 Å². The Morgan fingerprint density at radius 3 is 2.66 bits per heavy atom. The molecule has 1 aromatic heterocycles. The van der Waals surface area contributed by atoms with E-state index in [1.54, 1.807) is 60.7 Å². The molecule has 8 heteroatoms. The molecule has 3 aromatic carbocycles. The summed E-state index contributed by atoms with van der Waals surface area (Å²) >= 11 is 9.76. The molecule has 0 saturated carbocycles. The standard InChI is InChI=1S/C27H19BrClNO5/c1-14-6-8-18(13-20(14)29)30-24(15-4-3-5-19(11-15)34-2)23(26(32)27(30)33)25(31)22-12-16-10-17(28)7-9-21(16)35-22/h3-13,24,32H,1-2H3. The van der Waals surface area contributed by atoms with Crippen LogP contribution in [-0.2, 0) is 4.79 Å². The maximum Gasteiger partial charge on any atom is 0.294 e. The number of methoxy groups -OCH3 is 1. The highest BCUT2D eigenvalue weighted by atomic mass is 79.9. The fourth-order valence-corrected chi connectivity index (χ4v) is 4.77. The van der Waals surface area contributed by atoms with Gasteiger partial charge in [-0.25, -0.2) is 0 Å². The van der Waals surface area contributed by atoms with E-state index in [0.29, 0.717) is 33.0 Å². The summed E-state index contributed by atoms with van der Waals surface area (Å²) in [6, 6.07) is 18.2. The Morgan fingerprint density at radius 1 is 1.11 bits per heavy atom. The van der Waals surface area contributed by atoms with Gasteiger partial charge in [0.2, 0.25) is 5.78 Å². The van der Waals surface area contributed by atoms with Crippen LogP contribution >= 0.6 is 27.5 Å². The molecule has 0 aliphatic carbocycles. The molecule has 0 fully saturated rings. The Hall–Kier alpha value is -3.55. The molecule has 1 amide bonds. The van der Waals surface area contributed by atoms with Crippen LogP contribution in [0, 0.1) is 6.92 Å². The quantitative estimate of drug-likeness (QED) is 0.271. The highest BCUT2D eigenvalue weighted by molar-refractivity contribution is 9.10. The summed E-state index contributed by atoms with van der Waals surface area (Å²) in [5, 5.41) is 12.2. The SMILES string of the molecule is COc1cccc(C2C(C(=O)c3cc4cc(Br)ccc4o3)=C(O)C(=O)N2c2ccc(C)c(Cl)c2)c1. The Labute approximate surface area is 214 Å². The third-order valence-corrected chi connectivity index (χ3v) is 6.90. The van der Waals surface area contributed by atoms with Crippen LogP contribution < -0.4 is 9.64 Å². The van der Waals surface area contributed by atoms with Crippen molar-refractivity contribution in [3.05, 3.63) is 104 Å². The minimum absolute atomic E-state index is 0.0177. The van der Waals surface area contributed by atoms with Crippen molar-refractivity contribution in [1.29, 1.82) is 0 Å². The van der Waals surface area contributed by atoms with Gasteiger partial charge >= 0.3 is 0 Å². The predicted octanol–water partition coefficient (Wildman–Crippen LogP) is 6.95. The Kier molecular flexibility index (Phi) is 5.91. The summed E-state index contributed by atoms with van der Waals surface area (Å²) in [6.07, 6.45) is 0. The molecule has 1 aliphatic heterocycles. The summed E-state index contributed by atoms with van der Waals surface area (Å²) in [7, 11) is 1.53. The van der Waals surface area contributed by atoms with Gasteiger partial charge < -0.3 is 14.3 Å². The molecule has 0 bridgehead atoms. The smallest absolute Gasteiger partial charge is 0.294 e. The zero-order valence-corrected chi connectivity index (χ0v) is 21.1. The van der Waals surface area contributed by atoms with Crippen LogP contribution in [0.2, 0.25) is 5.02 Å². The normalized spacial score (nSPS) is 15.8. The van der Waals surface area contributed by atoms with Gasteiger partial charge in [0.1, 0.15) is 11.3 Å². The van der Waals surface area contributed by atoms with Gasteiger partial charge in [0.05, 0.1) is 18.7 Å². The van der Waals surface area contributed by atoms with Crippen molar-refractivity contribution >= 4 is 55.9 Å². The first-order valence-corrected chi connectivity index (χ1v) is 11.9. The average molecular weight is 553 g/mol. The zero-order valence-electron chi connectivity index (χ0n) is 18.7. The molecular weight excluding hydrogens is 534 g/mol. The molecule has 35 heavy (non-hydrogen) atoms. The van der Waals surface area contributed by atoms with Gasteiger partial charge in [-0.2, -0.15) is 0 Å². The number of furan rings is 1. The van der Waals surface area contributed by atoms with E-state index in [2.05, 4.69) is 15.9 Å². The average Bonchev–Trinajstić information content (AvgIpc) is 3.39. The lowest BCUT2D eigenvalue weighted by Crippen LogP contribution is -2.31. The first kappa shape index (κ1) is 23.2. The van der Waals surface area contributed by atoms with Crippen LogP contribution in [-0.4, -0.2) is 23.9 Å². The summed E-state index contributed by atoms with van der Waals surface area (Å²) in [5.41, 5.74) is 2.29. The third kappa shape index (κ3) is 4.00. The van der Waals surface area contributed by atoms with Gasteiger partial charge in [-0.3, -0.25) is 14.5 Å². The van der Waals surface area contributed by atoms with Crippen molar-refractivity contribution in [2.45, 2.75) is 13.0 Å². The van der Waals surface area contributed by atoms with Gasteiger partial charge in [0.15, 0.2) is 11.5 Å². The van der Waals surface area contributed by atoms with E-state index in [4.69, 9.17) is 20.8 Å². The number of benzene rings is 3. The third-order valence-electron chi connectivity index (χ3n) is 6.00. The number of halogens is 2. The molecule has 4 aromatic rings. The lowest BCUT2D eigenvalue weighted by molar-refractivity contribution is -0.117. The Balaban J connectivity index is 1.68. The van der Waals surface area contributed by atoms with Crippen molar-refractivity contribution in [2.24, 2.45) is 0 Å². The number of nitrogens with zero attached hydrogens (tertiary/aromatic N) is 1. The van der Waals surface area contributed by atoms with Crippen LogP contribution in [0.4, 0.5) is 5.69 Å². The maximum absolute atomic E-state index is 13.7. The van der Waals surface area contributed by atoms with E-state index in [1.165, 1.54) is 12.0 Å². The number of hydrogen-bond donors (Lipinski definition) is 1. The van der Waals surface area contributed by atoms with Gasteiger partial charge in [0.25, 0.3) is 5.91 Å². The van der Waals surface area contributed by atoms with Gasteiger partial charge in [0, 0.05) is 20.6 Å². The number of rotatable bonds is 5. The molecule has 0 radical (unpaired) electrons. The van der Waals surface area contributed by atoms with Crippen LogP contribution in [0.3, 0.4) is 0 Å². The maximum atomic E-state index is 13.7. The molecule has 1 N–H and O–H groups in total. The molecule has 0 saturated heterocycles. The molecule has 176 valence electrons. The minimum atomic E-state index is -0.927. The van der Waals surface area contributed by atoms with Crippen LogP contribution in [0.15, 0.2) is 87.0 Å². The number of fused-ring (bicyclic) bond motifs is 1. The van der Waals surface area contributed by atoms with Crippen LogP contribution in [0.1, 0.15) is 27.7 Å². The number of aliphatic hydroxyl groups excluding tert-OH is 1. The molecule has 2 heterocycles. The van der Waals surface area contributed by atoms with Gasteiger partial charge in [-0.15, -0.1) is 0 Å². The van der Waals surface area contributed by atoms with Crippen molar-refractivity contribution in [2.75, 3.05) is 12.0 Å². The number of aliphatic hydroxyl groups is 1. The lowest BCUT2D eigenvalue weighted by atomic mass is 9.94. The highest BCUT2D eigenvalue weighted by Gasteiger charge is 2.45. The second-order valence-corrected chi connectivity index (χ2v) is 9.49. The van der Waals surface area contributed by atoms with Gasteiger partial charge in [-0.1, -0.05) is 45.7 Å². The molecule has 1 aliphatic rings. The number of Topliss-reactive ketones (excluding diaryl/α,β-unsaturated/α-hetero) is 1. The van der Waals surface area contributed by atoms with Crippen LogP contribution in [0.25, 0.3) is 11.0 Å². The summed E-state index contributed by atoms with van der Waals surface area (Å²) in [4.78, 5) is 28.5. The second-order valence-electron chi connectivity index (χ2n) is 8.17. The highest BCUT2D eigenvalue weighted by Crippen LogP contribution is 2.43. The van der Waals surface area contributed by atoms with Gasteiger partial charge in [-0.05, 0) is 66.6 Å². The number of anilines is 1.